The minimum Gasteiger partial charge on any atom is -0.480 e. The number of nitrogens with one attached hydrogen (secondary N) is 2. The van der Waals surface area contributed by atoms with Crippen LogP contribution in [0.15, 0.2) is 0 Å². The summed E-state index contributed by atoms with van der Waals surface area (Å²) in [6.07, 6.45) is 6.65. The van der Waals surface area contributed by atoms with Crippen LogP contribution in [-0.4, -0.2) is 48.2 Å². The summed E-state index contributed by atoms with van der Waals surface area (Å²) in [5.41, 5.74) is -1.27. The Morgan fingerprint density at radius 2 is 1.74 bits per heavy atom. The van der Waals surface area contributed by atoms with Crippen LogP contribution in [0, 0.1) is 5.92 Å². The van der Waals surface area contributed by atoms with Crippen molar-refractivity contribution in [2.24, 2.45) is 5.92 Å². The number of carboxylic acid groups (broad SMARTS) is 1. The van der Waals surface area contributed by atoms with Crippen molar-refractivity contribution in [3.8, 4) is 0 Å². The lowest BCUT2D eigenvalue weighted by Crippen LogP contribution is -2.59. The van der Waals surface area contributed by atoms with E-state index < -0.39 is 17.4 Å². The third-order valence-electron chi connectivity index (χ3n) is 4.83. The molecule has 1 saturated heterocycles. The Hall–Kier alpha value is -1.63. The predicted octanol–water partition coefficient (Wildman–Crippen LogP) is 0.823. The molecule has 0 radical (unpaired) electrons. The van der Waals surface area contributed by atoms with Gasteiger partial charge in [0.15, 0.2) is 0 Å². The Labute approximate surface area is 136 Å². The number of hydrogen-bond donors (Lipinski definition) is 3. The molecule has 0 unspecified atom stereocenters. The number of carbonyl (C=O) groups is 3. The molecule has 1 aliphatic carbocycles. The van der Waals surface area contributed by atoms with E-state index in [1.165, 1.54) is 25.7 Å². The zero-order chi connectivity index (χ0) is 16.7. The Bertz CT molecular complexity index is 440. The van der Waals surface area contributed by atoms with Crippen molar-refractivity contribution >= 4 is 17.8 Å². The van der Waals surface area contributed by atoms with Gasteiger partial charge in [0.25, 0.3) is 0 Å². The molecule has 0 aromatic heterocycles. The van der Waals surface area contributed by atoms with Gasteiger partial charge >= 0.3 is 5.97 Å². The average Bonchev–Trinajstić information content (AvgIpc) is 3.05. The first-order valence-electron chi connectivity index (χ1n) is 8.41. The van der Waals surface area contributed by atoms with Gasteiger partial charge in [-0.05, 0) is 12.3 Å². The molecule has 0 bridgehead atoms. The lowest BCUT2D eigenvalue weighted by atomic mass is 9.90. The van der Waals surface area contributed by atoms with Gasteiger partial charge in [-0.15, -0.1) is 0 Å². The number of carbonyl (C=O) groups excluding carboxylic acids is 2. The van der Waals surface area contributed by atoms with Crippen LogP contribution in [0.5, 0.6) is 0 Å². The van der Waals surface area contributed by atoms with Gasteiger partial charge in [0.05, 0.1) is 6.54 Å². The molecule has 0 aromatic rings. The van der Waals surface area contributed by atoms with Crippen LogP contribution in [-0.2, 0) is 19.1 Å². The van der Waals surface area contributed by atoms with Crippen LogP contribution in [0.1, 0.15) is 51.4 Å². The van der Waals surface area contributed by atoms with Gasteiger partial charge in [-0.3, -0.25) is 9.59 Å². The monoisotopic (exact) mass is 326 g/mol. The number of ether oxygens (including phenoxy) is 1. The van der Waals surface area contributed by atoms with Crippen molar-refractivity contribution in [3.63, 3.8) is 0 Å². The third kappa shape index (κ3) is 5.20. The number of rotatable bonds is 7. The molecule has 0 atom stereocenters. The van der Waals surface area contributed by atoms with Gasteiger partial charge in [0.2, 0.25) is 11.8 Å². The Kier molecular flexibility index (Phi) is 6.38. The molecule has 1 aliphatic heterocycles. The molecule has 2 amide bonds. The highest BCUT2D eigenvalue weighted by Crippen LogP contribution is 2.28. The molecule has 3 N–H and O–H groups in total. The predicted molar refractivity (Wildman–Crippen MR) is 82.8 cm³/mol. The number of hydrogen-bond acceptors (Lipinski definition) is 4. The lowest BCUT2D eigenvalue weighted by molar-refractivity contribution is -0.152. The van der Waals surface area contributed by atoms with Crippen molar-refractivity contribution < 1.29 is 24.2 Å². The fraction of sp³-hybridized carbons (Fsp3) is 0.812. The van der Waals surface area contributed by atoms with Crippen molar-refractivity contribution in [1.29, 1.82) is 0 Å². The highest BCUT2D eigenvalue weighted by molar-refractivity contribution is 5.90. The fourth-order valence-electron chi connectivity index (χ4n) is 3.32. The zero-order valence-electron chi connectivity index (χ0n) is 13.4. The molecular formula is C16H26N2O5. The van der Waals surface area contributed by atoms with Crippen LogP contribution in [0.4, 0.5) is 0 Å². The normalized spacial score (nSPS) is 20.9. The summed E-state index contributed by atoms with van der Waals surface area (Å²) in [7, 11) is 0. The van der Waals surface area contributed by atoms with E-state index >= 15 is 0 Å². The van der Waals surface area contributed by atoms with Crippen LogP contribution in [0.2, 0.25) is 0 Å². The molecular weight excluding hydrogens is 300 g/mol. The molecule has 1 heterocycles. The number of carboxylic acids is 1. The van der Waals surface area contributed by atoms with E-state index in [-0.39, 0.29) is 25.3 Å². The molecule has 7 nitrogen and oxygen atoms in total. The minimum absolute atomic E-state index is 0.150. The maximum absolute atomic E-state index is 12.0. The summed E-state index contributed by atoms with van der Waals surface area (Å²) < 4.78 is 5.15. The van der Waals surface area contributed by atoms with Gasteiger partial charge in [-0.25, -0.2) is 4.79 Å². The van der Waals surface area contributed by atoms with E-state index in [1.807, 2.05) is 0 Å². The highest BCUT2D eigenvalue weighted by Gasteiger charge is 2.41. The highest BCUT2D eigenvalue weighted by atomic mass is 16.5. The van der Waals surface area contributed by atoms with Gasteiger partial charge < -0.3 is 20.5 Å². The summed E-state index contributed by atoms with van der Waals surface area (Å²) in [6.45, 7) is 0.431. The van der Waals surface area contributed by atoms with Crippen molar-refractivity contribution in [3.05, 3.63) is 0 Å². The second-order valence-corrected chi connectivity index (χ2v) is 6.51. The first-order valence-corrected chi connectivity index (χ1v) is 8.41. The maximum Gasteiger partial charge on any atom is 0.329 e. The van der Waals surface area contributed by atoms with Crippen molar-refractivity contribution in [1.82, 2.24) is 10.6 Å². The van der Waals surface area contributed by atoms with E-state index in [4.69, 9.17) is 4.74 Å². The SMILES string of the molecule is O=C(CCC1CCCC1)NCC(=O)NC1(C(=O)O)CCOCC1. The topological polar surface area (TPSA) is 105 Å². The van der Waals surface area contributed by atoms with E-state index in [9.17, 15) is 19.5 Å². The largest absolute Gasteiger partial charge is 0.480 e. The summed E-state index contributed by atoms with van der Waals surface area (Å²) in [5.74, 6) is -1.04. The van der Waals surface area contributed by atoms with Gasteiger partial charge in [0.1, 0.15) is 5.54 Å². The summed E-state index contributed by atoms with van der Waals surface area (Å²) in [6, 6.07) is 0. The van der Waals surface area contributed by atoms with Crippen molar-refractivity contribution in [2.75, 3.05) is 19.8 Å². The van der Waals surface area contributed by atoms with Crippen LogP contribution >= 0.6 is 0 Å². The molecule has 2 fully saturated rings. The molecule has 7 heteroatoms. The molecule has 0 aromatic carbocycles. The maximum atomic E-state index is 12.0. The van der Waals surface area contributed by atoms with Gasteiger partial charge in [-0.1, -0.05) is 25.7 Å². The molecule has 0 spiro atoms. The third-order valence-corrected chi connectivity index (χ3v) is 4.83. The second kappa shape index (κ2) is 8.29. The van der Waals surface area contributed by atoms with E-state index in [1.54, 1.807) is 0 Å². The van der Waals surface area contributed by atoms with Gasteiger partial charge in [0, 0.05) is 32.5 Å². The first kappa shape index (κ1) is 17.7. The Morgan fingerprint density at radius 3 is 2.35 bits per heavy atom. The average molecular weight is 326 g/mol. The molecule has 2 aliphatic rings. The van der Waals surface area contributed by atoms with Crippen LogP contribution < -0.4 is 10.6 Å². The van der Waals surface area contributed by atoms with Crippen LogP contribution in [0.25, 0.3) is 0 Å². The quantitative estimate of drug-likeness (QED) is 0.642. The van der Waals surface area contributed by atoms with Crippen LogP contribution in [0.3, 0.4) is 0 Å². The minimum atomic E-state index is -1.27. The van der Waals surface area contributed by atoms with E-state index in [0.717, 1.165) is 6.42 Å². The first-order chi connectivity index (χ1) is 11.0. The molecule has 23 heavy (non-hydrogen) atoms. The van der Waals surface area contributed by atoms with Gasteiger partial charge in [-0.2, -0.15) is 0 Å². The second-order valence-electron chi connectivity index (χ2n) is 6.51. The lowest BCUT2D eigenvalue weighted by Gasteiger charge is -2.33. The fourth-order valence-corrected chi connectivity index (χ4v) is 3.32. The van der Waals surface area contributed by atoms with Crippen molar-refractivity contribution in [2.45, 2.75) is 56.9 Å². The molecule has 1 saturated carbocycles. The molecule has 130 valence electrons. The number of aliphatic carboxylic acids is 1. The summed E-state index contributed by atoms with van der Waals surface area (Å²) >= 11 is 0. The van der Waals surface area contributed by atoms with E-state index in [2.05, 4.69) is 10.6 Å². The standard InChI is InChI=1S/C16H26N2O5/c19-13(6-5-12-3-1-2-4-12)17-11-14(20)18-16(15(21)22)7-9-23-10-8-16/h12H,1-11H2,(H,17,19)(H,18,20)(H,21,22). The zero-order valence-corrected chi connectivity index (χ0v) is 13.4. The summed E-state index contributed by atoms with van der Waals surface area (Å²) in [5, 5.41) is 14.5. The molecule has 2 rings (SSSR count). The Morgan fingerprint density at radius 1 is 1.09 bits per heavy atom. The smallest absolute Gasteiger partial charge is 0.329 e. The Balaban J connectivity index is 1.70. The number of amides is 2. The van der Waals surface area contributed by atoms with E-state index in [0.29, 0.717) is 25.6 Å². The summed E-state index contributed by atoms with van der Waals surface area (Å²) in [4.78, 5) is 35.2.